The van der Waals surface area contributed by atoms with Crippen molar-refractivity contribution in [2.24, 2.45) is 0 Å². The number of piperazine rings is 1. The number of carbonyl (C=O) groups excluding carboxylic acids is 1. The zero-order chi connectivity index (χ0) is 8.97. The Bertz CT molecular complexity index is 226. The second-order valence-corrected chi connectivity index (χ2v) is 2.93. The van der Waals surface area contributed by atoms with E-state index in [1.807, 2.05) is 11.8 Å². The first-order chi connectivity index (χ1) is 5.75. The highest BCUT2D eigenvalue weighted by Gasteiger charge is 2.20. The number of nitrogens with one attached hydrogen (secondary N) is 1. The highest BCUT2D eigenvalue weighted by atomic mass is 16.2. The third-order valence-corrected chi connectivity index (χ3v) is 1.99. The maximum atomic E-state index is 11.3. The van der Waals surface area contributed by atoms with Gasteiger partial charge in [-0.3, -0.25) is 4.79 Å². The van der Waals surface area contributed by atoms with E-state index in [1.165, 1.54) is 0 Å². The van der Waals surface area contributed by atoms with Crippen molar-refractivity contribution in [3.63, 3.8) is 0 Å². The fourth-order valence-corrected chi connectivity index (χ4v) is 1.32. The summed E-state index contributed by atoms with van der Waals surface area (Å²) in [5.41, 5.74) is 0. The van der Waals surface area contributed by atoms with E-state index in [-0.39, 0.29) is 11.9 Å². The SMILES string of the molecule is CC#CC(=O)N1CCNC[C@@H]1C. The fraction of sp³-hybridized carbons (Fsp3) is 0.667. The zero-order valence-corrected chi connectivity index (χ0v) is 7.55. The van der Waals surface area contributed by atoms with Crippen molar-refractivity contribution in [3.8, 4) is 11.8 Å². The van der Waals surface area contributed by atoms with Crippen molar-refractivity contribution in [1.82, 2.24) is 10.2 Å². The maximum absolute atomic E-state index is 11.3. The van der Waals surface area contributed by atoms with E-state index in [0.717, 1.165) is 19.6 Å². The topological polar surface area (TPSA) is 32.3 Å². The molecule has 1 aliphatic rings. The van der Waals surface area contributed by atoms with E-state index in [4.69, 9.17) is 0 Å². The summed E-state index contributed by atoms with van der Waals surface area (Å²) in [7, 11) is 0. The molecular formula is C9H14N2O. The Morgan fingerprint density at radius 1 is 1.67 bits per heavy atom. The molecule has 1 aliphatic heterocycles. The molecule has 1 amide bonds. The fourth-order valence-electron chi connectivity index (χ4n) is 1.32. The molecule has 0 spiro atoms. The van der Waals surface area contributed by atoms with E-state index in [2.05, 4.69) is 17.2 Å². The Balaban J connectivity index is 2.57. The molecule has 1 atom stereocenters. The second-order valence-electron chi connectivity index (χ2n) is 2.93. The van der Waals surface area contributed by atoms with Crippen molar-refractivity contribution < 1.29 is 4.79 Å². The summed E-state index contributed by atoms with van der Waals surface area (Å²) in [5, 5.41) is 3.22. The summed E-state index contributed by atoms with van der Waals surface area (Å²) in [6.07, 6.45) is 0. The normalized spacial score (nSPS) is 22.8. The van der Waals surface area contributed by atoms with E-state index in [9.17, 15) is 4.79 Å². The van der Waals surface area contributed by atoms with Gasteiger partial charge >= 0.3 is 0 Å². The van der Waals surface area contributed by atoms with Gasteiger partial charge in [0.1, 0.15) is 0 Å². The van der Waals surface area contributed by atoms with Crippen LogP contribution in [0.4, 0.5) is 0 Å². The van der Waals surface area contributed by atoms with Gasteiger partial charge in [-0.25, -0.2) is 0 Å². The molecule has 0 radical (unpaired) electrons. The van der Waals surface area contributed by atoms with Crippen LogP contribution in [0.2, 0.25) is 0 Å². The van der Waals surface area contributed by atoms with E-state index >= 15 is 0 Å². The van der Waals surface area contributed by atoms with Crippen LogP contribution in [0, 0.1) is 11.8 Å². The van der Waals surface area contributed by atoms with Crippen molar-refractivity contribution in [3.05, 3.63) is 0 Å². The lowest BCUT2D eigenvalue weighted by atomic mass is 10.2. The molecule has 3 heteroatoms. The highest BCUT2D eigenvalue weighted by molar-refractivity contribution is 5.93. The summed E-state index contributed by atoms with van der Waals surface area (Å²) in [5.74, 6) is 5.13. The van der Waals surface area contributed by atoms with Gasteiger partial charge in [0.15, 0.2) is 0 Å². The average Bonchev–Trinajstić information content (AvgIpc) is 2.05. The zero-order valence-electron chi connectivity index (χ0n) is 7.55. The Labute approximate surface area is 73.1 Å². The van der Waals surface area contributed by atoms with Gasteiger partial charge in [0, 0.05) is 25.7 Å². The van der Waals surface area contributed by atoms with Gasteiger partial charge in [-0.1, -0.05) is 5.92 Å². The van der Waals surface area contributed by atoms with E-state index in [0.29, 0.717) is 0 Å². The molecule has 66 valence electrons. The number of nitrogens with zero attached hydrogens (tertiary/aromatic N) is 1. The van der Waals surface area contributed by atoms with E-state index in [1.54, 1.807) is 6.92 Å². The molecule has 1 N–H and O–H groups in total. The Hall–Kier alpha value is -1.01. The molecule has 0 saturated carbocycles. The van der Waals surface area contributed by atoms with Crippen molar-refractivity contribution in [1.29, 1.82) is 0 Å². The lowest BCUT2D eigenvalue weighted by Crippen LogP contribution is -2.51. The van der Waals surface area contributed by atoms with Gasteiger partial charge in [-0.05, 0) is 19.8 Å². The number of amides is 1. The third kappa shape index (κ3) is 1.99. The van der Waals surface area contributed by atoms with Gasteiger partial charge in [0.25, 0.3) is 5.91 Å². The van der Waals surface area contributed by atoms with Gasteiger partial charge in [0.05, 0.1) is 0 Å². The van der Waals surface area contributed by atoms with Crippen LogP contribution < -0.4 is 5.32 Å². The van der Waals surface area contributed by atoms with Crippen LogP contribution >= 0.6 is 0 Å². The van der Waals surface area contributed by atoms with Crippen LogP contribution in [-0.2, 0) is 4.79 Å². The molecule has 0 bridgehead atoms. The van der Waals surface area contributed by atoms with Crippen LogP contribution in [0.5, 0.6) is 0 Å². The highest BCUT2D eigenvalue weighted by Crippen LogP contribution is 2.01. The Kier molecular flexibility index (Phi) is 3.12. The van der Waals surface area contributed by atoms with Crippen LogP contribution in [0.3, 0.4) is 0 Å². The minimum absolute atomic E-state index is 0.0495. The second kappa shape index (κ2) is 4.13. The molecule has 1 heterocycles. The largest absolute Gasteiger partial charge is 0.327 e. The van der Waals surface area contributed by atoms with Gasteiger partial charge in [0.2, 0.25) is 0 Å². The van der Waals surface area contributed by atoms with Crippen molar-refractivity contribution in [2.45, 2.75) is 19.9 Å². The summed E-state index contributed by atoms with van der Waals surface area (Å²) in [4.78, 5) is 13.1. The number of carbonyl (C=O) groups is 1. The Morgan fingerprint density at radius 2 is 2.42 bits per heavy atom. The molecule has 0 aromatic carbocycles. The Morgan fingerprint density at radius 3 is 3.00 bits per heavy atom. The molecule has 0 aliphatic carbocycles. The summed E-state index contributed by atoms with van der Waals surface area (Å²) < 4.78 is 0. The average molecular weight is 166 g/mol. The first-order valence-electron chi connectivity index (χ1n) is 4.19. The quantitative estimate of drug-likeness (QED) is 0.507. The van der Waals surface area contributed by atoms with Gasteiger partial charge in [-0.2, -0.15) is 0 Å². The lowest BCUT2D eigenvalue weighted by Gasteiger charge is -2.32. The minimum atomic E-state index is -0.0495. The van der Waals surface area contributed by atoms with Gasteiger partial charge < -0.3 is 10.2 Å². The predicted molar refractivity (Wildman–Crippen MR) is 47.5 cm³/mol. The van der Waals surface area contributed by atoms with E-state index < -0.39 is 0 Å². The smallest absolute Gasteiger partial charge is 0.298 e. The molecule has 1 rings (SSSR count). The molecule has 0 aromatic heterocycles. The maximum Gasteiger partial charge on any atom is 0.298 e. The molecule has 12 heavy (non-hydrogen) atoms. The first kappa shape index (κ1) is 9.08. The summed E-state index contributed by atoms with van der Waals surface area (Å²) in [6, 6.07) is 0.270. The summed E-state index contributed by atoms with van der Waals surface area (Å²) >= 11 is 0. The summed E-state index contributed by atoms with van der Waals surface area (Å²) in [6.45, 7) is 6.24. The third-order valence-electron chi connectivity index (χ3n) is 1.99. The van der Waals surface area contributed by atoms with Crippen LogP contribution in [0.15, 0.2) is 0 Å². The molecule has 1 saturated heterocycles. The minimum Gasteiger partial charge on any atom is -0.327 e. The predicted octanol–water partition coefficient (Wildman–Crippen LogP) is -0.170. The molecule has 0 aromatic rings. The monoisotopic (exact) mass is 166 g/mol. The molecule has 1 fully saturated rings. The van der Waals surface area contributed by atoms with Crippen molar-refractivity contribution >= 4 is 5.91 Å². The van der Waals surface area contributed by atoms with Crippen molar-refractivity contribution in [2.75, 3.05) is 19.6 Å². The molecular weight excluding hydrogens is 152 g/mol. The van der Waals surface area contributed by atoms with Gasteiger partial charge in [-0.15, -0.1) is 0 Å². The number of rotatable bonds is 0. The molecule has 0 unspecified atom stereocenters. The number of hydrogen-bond donors (Lipinski definition) is 1. The standard InChI is InChI=1S/C9H14N2O/c1-3-4-9(12)11-6-5-10-7-8(11)2/h8,10H,5-7H2,1-2H3/t8-/m0/s1. The van der Waals surface area contributed by atoms with Crippen LogP contribution in [0.25, 0.3) is 0 Å². The van der Waals surface area contributed by atoms with Crippen LogP contribution in [0.1, 0.15) is 13.8 Å². The number of hydrogen-bond acceptors (Lipinski definition) is 2. The van der Waals surface area contributed by atoms with Crippen LogP contribution in [-0.4, -0.2) is 36.5 Å². The molecule has 3 nitrogen and oxygen atoms in total. The first-order valence-corrected chi connectivity index (χ1v) is 4.19. The lowest BCUT2D eigenvalue weighted by molar-refractivity contribution is -0.127.